The molecule has 0 amide bonds. The first-order chi connectivity index (χ1) is 7.97. The molecule has 1 aliphatic heterocycles. The molecule has 94 valence electrons. The summed E-state index contributed by atoms with van der Waals surface area (Å²) in [4.78, 5) is 6.99. The van der Waals surface area contributed by atoms with Crippen LogP contribution in [0.15, 0.2) is 18.3 Å². The lowest BCUT2D eigenvalue weighted by molar-refractivity contribution is 0.484. The van der Waals surface area contributed by atoms with Crippen molar-refractivity contribution in [2.75, 3.05) is 24.5 Å². The number of pyridine rings is 1. The van der Waals surface area contributed by atoms with Crippen LogP contribution in [0.3, 0.4) is 0 Å². The Morgan fingerprint density at radius 1 is 1.35 bits per heavy atom. The van der Waals surface area contributed by atoms with Crippen LogP contribution in [-0.4, -0.2) is 30.7 Å². The summed E-state index contributed by atoms with van der Waals surface area (Å²) in [5, 5.41) is 3.46. The van der Waals surface area contributed by atoms with Crippen molar-refractivity contribution in [2.45, 2.75) is 39.2 Å². The Bertz CT molecular complexity index is 364. The molecule has 3 heteroatoms. The normalized spacial score (nSPS) is 21.6. The summed E-state index contributed by atoms with van der Waals surface area (Å²) in [6.45, 7) is 12.0. The quantitative estimate of drug-likeness (QED) is 0.806. The van der Waals surface area contributed by atoms with E-state index in [0.29, 0.717) is 6.04 Å². The van der Waals surface area contributed by atoms with Gasteiger partial charge in [0.1, 0.15) is 0 Å². The second-order valence-corrected chi connectivity index (χ2v) is 5.95. The van der Waals surface area contributed by atoms with Crippen molar-refractivity contribution in [2.24, 2.45) is 0 Å². The van der Waals surface area contributed by atoms with E-state index in [0.717, 1.165) is 25.3 Å². The second kappa shape index (κ2) is 4.65. The van der Waals surface area contributed by atoms with Gasteiger partial charge in [-0.25, -0.2) is 0 Å². The molecule has 1 aromatic heterocycles. The number of hydrogen-bond acceptors (Lipinski definition) is 3. The van der Waals surface area contributed by atoms with Gasteiger partial charge in [-0.2, -0.15) is 0 Å². The van der Waals surface area contributed by atoms with E-state index in [1.807, 2.05) is 6.20 Å². The van der Waals surface area contributed by atoms with Crippen LogP contribution >= 0.6 is 0 Å². The van der Waals surface area contributed by atoms with Crippen LogP contribution in [0, 0.1) is 0 Å². The Kier molecular flexibility index (Phi) is 3.38. The average Bonchev–Trinajstić information content (AvgIpc) is 2.28. The minimum Gasteiger partial charge on any atom is -0.367 e. The first-order valence-corrected chi connectivity index (χ1v) is 6.42. The minimum absolute atomic E-state index is 0.134. The molecule has 0 bridgehead atoms. The molecule has 3 nitrogen and oxygen atoms in total. The van der Waals surface area contributed by atoms with Gasteiger partial charge in [0.15, 0.2) is 0 Å². The molecule has 1 aromatic rings. The van der Waals surface area contributed by atoms with E-state index in [1.54, 1.807) is 0 Å². The monoisotopic (exact) mass is 233 g/mol. The van der Waals surface area contributed by atoms with Gasteiger partial charge in [0, 0.05) is 36.8 Å². The number of nitrogens with zero attached hydrogens (tertiary/aromatic N) is 2. The standard InChI is InChI=1S/C14H23N3/c1-11-10-17(8-7-15-11)12-5-6-13(16-9-12)14(2,3)4/h5-6,9,11,15H,7-8,10H2,1-4H3. The van der Waals surface area contributed by atoms with Crippen molar-refractivity contribution < 1.29 is 0 Å². The van der Waals surface area contributed by atoms with E-state index in [2.05, 4.69) is 55.0 Å². The number of aromatic nitrogens is 1. The number of rotatable bonds is 1. The maximum atomic E-state index is 4.59. The Morgan fingerprint density at radius 2 is 2.12 bits per heavy atom. The zero-order chi connectivity index (χ0) is 12.5. The molecular weight excluding hydrogens is 210 g/mol. The number of piperazine rings is 1. The third kappa shape index (κ3) is 2.97. The van der Waals surface area contributed by atoms with Gasteiger partial charge in [0.25, 0.3) is 0 Å². The van der Waals surface area contributed by atoms with E-state index in [-0.39, 0.29) is 5.41 Å². The Morgan fingerprint density at radius 3 is 2.65 bits per heavy atom. The highest BCUT2D eigenvalue weighted by Crippen LogP contribution is 2.22. The van der Waals surface area contributed by atoms with Crippen LogP contribution in [-0.2, 0) is 5.41 Å². The average molecular weight is 233 g/mol. The van der Waals surface area contributed by atoms with Gasteiger partial charge >= 0.3 is 0 Å². The maximum Gasteiger partial charge on any atom is 0.0553 e. The molecule has 0 spiro atoms. The fourth-order valence-corrected chi connectivity index (χ4v) is 2.18. The highest BCUT2D eigenvalue weighted by Gasteiger charge is 2.18. The predicted molar refractivity (Wildman–Crippen MR) is 72.6 cm³/mol. The number of anilines is 1. The molecule has 17 heavy (non-hydrogen) atoms. The summed E-state index contributed by atoms with van der Waals surface area (Å²) in [7, 11) is 0. The maximum absolute atomic E-state index is 4.59. The molecule has 1 unspecified atom stereocenters. The van der Waals surface area contributed by atoms with Crippen molar-refractivity contribution >= 4 is 5.69 Å². The molecular formula is C14H23N3. The highest BCUT2D eigenvalue weighted by atomic mass is 15.2. The molecule has 1 saturated heterocycles. The lowest BCUT2D eigenvalue weighted by Crippen LogP contribution is -2.49. The molecule has 2 rings (SSSR count). The Balaban J connectivity index is 2.12. The van der Waals surface area contributed by atoms with Gasteiger partial charge < -0.3 is 10.2 Å². The smallest absolute Gasteiger partial charge is 0.0553 e. The third-order valence-electron chi connectivity index (χ3n) is 3.25. The molecule has 1 aliphatic rings. The zero-order valence-electron chi connectivity index (χ0n) is 11.3. The second-order valence-electron chi connectivity index (χ2n) is 5.95. The molecule has 1 fully saturated rings. The highest BCUT2D eigenvalue weighted by molar-refractivity contribution is 5.45. The third-order valence-corrected chi connectivity index (χ3v) is 3.25. The molecule has 1 N–H and O–H groups in total. The van der Waals surface area contributed by atoms with E-state index in [4.69, 9.17) is 0 Å². The Hall–Kier alpha value is -1.09. The van der Waals surface area contributed by atoms with Crippen molar-refractivity contribution in [1.82, 2.24) is 10.3 Å². The van der Waals surface area contributed by atoms with Crippen molar-refractivity contribution in [3.63, 3.8) is 0 Å². The van der Waals surface area contributed by atoms with Gasteiger partial charge in [-0.15, -0.1) is 0 Å². The van der Waals surface area contributed by atoms with Crippen LogP contribution in [0.2, 0.25) is 0 Å². The molecule has 0 saturated carbocycles. The minimum atomic E-state index is 0.134. The van der Waals surface area contributed by atoms with Crippen LogP contribution in [0.25, 0.3) is 0 Å². The lowest BCUT2D eigenvalue weighted by atomic mass is 9.92. The van der Waals surface area contributed by atoms with E-state index in [1.165, 1.54) is 5.69 Å². The largest absolute Gasteiger partial charge is 0.367 e. The fourth-order valence-electron chi connectivity index (χ4n) is 2.18. The van der Waals surface area contributed by atoms with Gasteiger partial charge in [-0.3, -0.25) is 4.98 Å². The SMILES string of the molecule is CC1CN(c2ccc(C(C)(C)C)nc2)CCN1. The summed E-state index contributed by atoms with van der Waals surface area (Å²) in [5.41, 5.74) is 2.53. The van der Waals surface area contributed by atoms with Gasteiger partial charge in [-0.05, 0) is 19.1 Å². The molecule has 1 atom stereocenters. The number of hydrogen-bond donors (Lipinski definition) is 1. The predicted octanol–water partition coefficient (Wildman–Crippen LogP) is 2.18. The van der Waals surface area contributed by atoms with Crippen molar-refractivity contribution in [3.8, 4) is 0 Å². The van der Waals surface area contributed by atoms with Gasteiger partial charge in [0.2, 0.25) is 0 Å². The van der Waals surface area contributed by atoms with Crippen molar-refractivity contribution in [3.05, 3.63) is 24.0 Å². The Labute approximate surface area is 104 Å². The molecule has 0 aliphatic carbocycles. The molecule has 0 radical (unpaired) electrons. The van der Waals surface area contributed by atoms with E-state index in [9.17, 15) is 0 Å². The summed E-state index contributed by atoms with van der Waals surface area (Å²) in [5.74, 6) is 0. The van der Waals surface area contributed by atoms with Crippen LogP contribution in [0.4, 0.5) is 5.69 Å². The van der Waals surface area contributed by atoms with Crippen molar-refractivity contribution in [1.29, 1.82) is 0 Å². The summed E-state index contributed by atoms with van der Waals surface area (Å²) < 4.78 is 0. The summed E-state index contributed by atoms with van der Waals surface area (Å²) in [6, 6.07) is 4.92. The van der Waals surface area contributed by atoms with Gasteiger partial charge in [-0.1, -0.05) is 20.8 Å². The first kappa shape index (κ1) is 12.4. The topological polar surface area (TPSA) is 28.2 Å². The fraction of sp³-hybridized carbons (Fsp3) is 0.643. The van der Waals surface area contributed by atoms with E-state index >= 15 is 0 Å². The van der Waals surface area contributed by atoms with Crippen LogP contribution < -0.4 is 10.2 Å². The van der Waals surface area contributed by atoms with Crippen LogP contribution in [0.1, 0.15) is 33.4 Å². The number of nitrogens with one attached hydrogen (secondary N) is 1. The lowest BCUT2D eigenvalue weighted by Gasteiger charge is -2.33. The van der Waals surface area contributed by atoms with Gasteiger partial charge in [0.05, 0.1) is 11.9 Å². The van der Waals surface area contributed by atoms with Crippen LogP contribution in [0.5, 0.6) is 0 Å². The summed E-state index contributed by atoms with van der Waals surface area (Å²) in [6.07, 6.45) is 2.01. The zero-order valence-corrected chi connectivity index (χ0v) is 11.3. The van der Waals surface area contributed by atoms with E-state index < -0.39 is 0 Å². The molecule has 2 heterocycles. The first-order valence-electron chi connectivity index (χ1n) is 6.42. The summed E-state index contributed by atoms with van der Waals surface area (Å²) >= 11 is 0. The molecule has 0 aromatic carbocycles.